The molecule has 192 valence electrons. The number of rotatable bonds is 3. The molecule has 0 radical (unpaired) electrons. The third-order valence-electron chi connectivity index (χ3n) is 6.63. The Morgan fingerprint density at radius 3 is 2.39 bits per heavy atom. The van der Waals surface area contributed by atoms with Crippen molar-refractivity contribution in [3.05, 3.63) is 73.4 Å². The maximum atomic E-state index is 13.0. The van der Waals surface area contributed by atoms with E-state index in [-0.39, 0.29) is 0 Å². The molecule has 0 aliphatic carbocycles. The van der Waals surface area contributed by atoms with E-state index < -0.39 is 11.7 Å². The van der Waals surface area contributed by atoms with Crippen molar-refractivity contribution < 1.29 is 9.53 Å². The second-order valence-electron chi connectivity index (χ2n) is 10.4. The number of ether oxygens (including phenoxy) is 1. The predicted molar refractivity (Wildman–Crippen MR) is 149 cm³/mol. The van der Waals surface area contributed by atoms with Gasteiger partial charge in [-0.2, -0.15) is 0 Å². The van der Waals surface area contributed by atoms with E-state index in [0.717, 1.165) is 65.2 Å². The van der Waals surface area contributed by atoms with Crippen LogP contribution in [-0.2, 0) is 4.74 Å². The quantitative estimate of drug-likeness (QED) is 0.331. The van der Waals surface area contributed by atoms with Gasteiger partial charge in [0.15, 0.2) is 0 Å². The van der Waals surface area contributed by atoms with Crippen LogP contribution in [0.3, 0.4) is 0 Å². The van der Waals surface area contributed by atoms with E-state index in [1.54, 1.807) is 12.5 Å². The molecule has 1 fully saturated rings. The van der Waals surface area contributed by atoms with Gasteiger partial charge in [-0.3, -0.25) is 0 Å². The van der Waals surface area contributed by atoms with Crippen molar-refractivity contribution in [1.29, 1.82) is 0 Å². The summed E-state index contributed by atoms with van der Waals surface area (Å²) in [4.78, 5) is 35.8. The number of benzene rings is 1. The van der Waals surface area contributed by atoms with Gasteiger partial charge in [0.05, 0.1) is 5.52 Å². The first-order chi connectivity index (χ1) is 18.4. The second kappa shape index (κ2) is 9.41. The standard InChI is InChI=1S/C29H29N7O2/c1-29(2,3)38-28(37)36-18-23(21-7-6-12-31-27(21)36)20-9-10-24-22(17-20)26(33-19-32-24)35-15-13-34(14-16-35)25-8-4-5-11-30-25/h4-12,17-19H,13-16H2,1-3H3. The van der Waals surface area contributed by atoms with Crippen molar-refractivity contribution in [3.63, 3.8) is 0 Å². The molecule has 0 amide bonds. The zero-order valence-electron chi connectivity index (χ0n) is 21.7. The minimum Gasteiger partial charge on any atom is -0.443 e. The number of pyridine rings is 2. The molecule has 1 saturated heterocycles. The summed E-state index contributed by atoms with van der Waals surface area (Å²) in [5, 5.41) is 1.85. The highest BCUT2D eigenvalue weighted by atomic mass is 16.6. The van der Waals surface area contributed by atoms with Crippen LogP contribution in [0, 0.1) is 0 Å². The number of carbonyl (C=O) groups excluding carboxylic acids is 1. The predicted octanol–water partition coefficient (Wildman–Crippen LogP) is 5.15. The fraction of sp³-hybridized carbons (Fsp3) is 0.276. The average molecular weight is 508 g/mol. The maximum Gasteiger partial charge on any atom is 0.420 e. The van der Waals surface area contributed by atoms with E-state index in [1.165, 1.54) is 4.57 Å². The smallest absolute Gasteiger partial charge is 0.420 e. The lowest BCUT2D eigenvalue weighted by Crippen LogP contribution is -2.47. The fourth-order valence-corrected chi connectivity index (χ4v) is 4.89. The van der Waals surface area contributed by atoms with Crippen molar-refractivity contribution >= 4 is 39.7 Å². The van der Waals surface area contributed by atoms with Crippen LogP contribution in [-0.4, -0.2) is 62.4 Å². The molecular formula is C29H29N7O2. The number of nitrogens with zero attached hydrogens (tertiary/aromatic N) is 7. The number of piperazine rings is 1. The van der Waals surface area contributed by atoms with Gasteiger partial charge >= 0.3 is 6.09 Å². The molecule has 38 heavy (non-hydrogen) atoms. The van der Waals surface area contributed by atoms with Gasteiger partial charge in [0.1, 0.15) is 29.2 Å². The Kier molecular flexibility index (Phi) is 5.90. The van der Waals surface area contributed by atoms with Gasteiger partial charge < -0.3 is 14.5 Å². The highest BCUT2D eigenvalue weighted by Crippen LogP contribution is 2.34. The first kappa shape index (κ1) is 23.8. The molecule has 6 rings (SSSR count). The van der Waals surface area contributed by atoms with Crippen LogP contribution in [0.2, 0.25) is 0 Å². The molecule has 0 unspecified atom stereocenters. The Morgan fingerprint density at radius 2 is 1.63 bits per heavy atom. The summed E-state index contributed by atoms with van der Waals surface area (Å²) in [6.07, 6.45) is 6.49. The summed E-state index contributed by atoms with van der Waals surface area (Å²) in [6, 6.07) is 16.0. The molecule has 0 atom stereocenters. The number of aromatic nitrogens is 5. The Labute approximate surface area is 220 Å². The molecule has 9 heteroatoms. The Morgan fingerprint density at radius 1 is 0.842 bits per heavy atom. The van der Waals surface area contributed by atoms with E-state index in [2.05, 4.69) is 35.8 Å². The van der Waals surface area contributed by atoms with Gasteiger partial charge in [-0.15, -0.1) is 0 Å². The Hall–Kier alpha value is -4.53. The number of hydrogen-bond acceptors (Lipinski definition) is 8. The number of anilines is 2. The highest BCUT2D eigenvalue weighted by Gasteiger charge is 2.24. The maximum absolute atomic E-state index is 13.0. The van der Waals surface area contributed by atoms with Gasteiger partial charge in [-0.05, 0) is 62.7 Å². The molecule has 9 nitrogen and oxygen atoms in total. The molecule has 5 aromatic rings. The summed E-state index contributed by atoms with van der Waals surface area (Å²) >= 11 is 0. The van der Waals surface area contributed by atoms with Crippen molar-refractivity contribution in [1.82, 2.24) is 24.5 Å². The largest absolute Gasteiger partial charge is 0.443 e. The van der Waals surface area contributed by atoms with Crippen LogP contribution in [0.25, 0.3) is 33.1 Å². The van der Waals surface area contributed by atoms with Crippen LogP contribution in [0.4, 0.5) is 16.4 Å². The molecule has 4 aromatic heterocycles. The molecule has 0 spiro atoms. The van der Waals surface area contributed by atoms with Crippen LogP contribution in [0.5, 0.6) is 0 Å². The third-order valence-corrected chi connectivity index (χ3v) is 6.63. The molecule has 0 bridgehead atoms. The first-order valence-corrected chi connectivity index (χ1v) is 12.7. The number of hydrogen-bond donors (Lipinski definition) is 0. The molecule has 1 aromatic carbocycles. The summed E-state index contributed by atoms with van der Waals surface area (Å²) in [5.74, 6) is 1.91. The van der Waals surface area contributed by atoms with Gasteiger partial charge in [-0.25, -0.2) is 29.3 Å². The van der Waals surface area contributed by atoms with Gasteiger partial charge in [0.2, 0.25) is 0 Å². The summed E-state index contributed by atoms with van der Waals surface area (Å²) in [7, 11) is 0. The molecular weight excluding hydrogens is 478 g/mol. The minimum atomic E-state index is -0.613. The first-order valence-electron chi connectivity index (χ1n) is 12.7. The second-order valence-corrected chi connectivity index (χ2v) is 10.4. The van der Waals surface area contributed by atoms with Crippen LogP contribution >= 0.6 is 0 Å². The average Bonchev–Trinajstić information content (AvgIpc) is 3.32. The lowest BCUT2D eigenvalue weighted by atomic mass is 10.0. The Balaban J connectivity index is 1.36. The molecule has 1 aliphatic rings. The van der Waals surface area contributed by atoms with E-state index in [4.69, 9.17) is 4.74 Å². The number of carbonyl (C=O) groups is 1. The van der Waals surface area contributed by atoms with Crippen molar-refractivity contribution in [3.8, 4) is 11.1 Å². The molecule has 1 aliphatic heterocycles. The van der Waals surface area contributed by atoms with Crippen LogP contribution in [0.15, 0.2) is 73.4 Å². The van der Waals surface area contributed by atoms with Crippen molar-refractivity contribution in [2.45, 2.75) is 26.4 Å². The lowest BCUT2D eigenvalue weighted by Gasteiger charge is -2.36. The molecule has 0 N–H and O–H groups in total. The summed E-state index contributed by atoms with van der Waals surface area (Å²) < 4.78 is 7.12. The SMILES string of the molecule is CC(C)(C)OC(=O)n1cc(-c2ccc3ncnc(N4CCN(c5ccccn5)CC4)c3c2)c2cccnc21. The van der Waals surface area contributed by atoms with E-state index in [1.807, 2.05) is 75.6 Å². The summed E-state index contributed by atoms with van der Waals surface area (Å²) in [5.41, 5.74) is 2.68. The monoisotopic (exact) mass is 507 g/mol. The third kappa shape index (κ3) is 4.51. The van der Waals surface area contributed by atoms with E-state index >= 15 is 0 Å². The molecule has 0 saturated carbocycles. The van der Waals surface area contributed by atoms with Crippen molar-refractivity contribution in [2.75, 3.05) is 36.0 Å². The van der Waals surface area contributed by atoms with Crippen LogP contribution in [0.1, 0.15) is 20.8 Å². The fourth-order valence-electron chi connectivity index (χ4n) is 4.89. The van der Waals surface area contributed by atoms with Crippen molar-refractivity contribution in [2.24, 2.45) is 0 Å². The van der Waals surface area contributed by atoms with Gasteiger partial charge in [-0.1, -0.05) is 12.1 Å². The minimum absolute atomic E-state index is 0.456. The lowest BCUT2D eigenvalue weighted by molar-refractivity contribution is 0.0543. The normalized spacial score (nSPS) is 14.3. The highest BCUT2D eigenvalue weighted by molar-refractivity contribution is 6.01. The van der Waals surface area contributed by atoms with Crippen LogP contribution < -0.4 is 9.80 Å². The van der Waals surface area contributed by atoms with Gasteiger partial charge in [0.25, 0.3) is 0 Å². The topological polar surface area (TPSA) is 89.3 Å². The van der Waals surface area contributed by atoms with E-state index in [0.29, 0.717) is 5.65 Å². The zero-order chi connectivity index (χ0) is 26.3. The summed E-state index contributed by atoms with van der Waals surface area (Å²) in [6.45, 7) is 8.93. The number of fused-ring (bicyclic) bond motifs is 2. The molecule has 5 heterocycles. The van der Waals surface area contributed by atoms with E-state index in [9.17, 15) is 4.79 Å². The zero-order valence-corrected chi connectivity index (χ0v) is 21.7. The Bertz CT molecular complexity index is 1620. The van der Waals surface area contributed by atoms with Gasteiger partial charge in [0, 0.05) is 61.1 Å².